The van der Waals surface area contributed by atoms with Crippen LogP contribution in [0.25, 0.3) is 0 Å². The van der Waals surface area contributed by atoms with Gasteiger partial charge in [0.2, 0.25) is 0 Å². The summed E-state index contributed by atoms with van der Waals surface area (Å²) in [7, 11) is 0. The maximum absolute atomic E-state index is 13.5. The zero-order valence-electron chi connectivity index (χ0n) is 10.5. The number of rotatable bonds is 5. The number of alkyl halides is 1. The predicted octanol–water partition coefficient (Wildman–Crippen LogP) is 3.06. The van der Waals surface area contributed by atoms with Crippen LogP contribution in [0.5, 0.6) is 5.75 Å². The average molecular weight is 243 g/mol. The molecular formula is C13H19F2NO. The molecular weight excluding hydrogens is 224 g/mol. The van der Waals surface area contributed by atoms with Crippen molar-refractivity contribution in [3.8, 4) is 5.75 Å². The Morgan fingerprint density at radius 1 is 1.29 bits per heavy atom. The van der Waals surface area contributed by atoms with Crippen molar-refractivity contribution in [3.05, 3.63) is 29.6 Å². The molecule has 0 aromatic heterocycles. The average Bonchev–Trinajstić information content (AvgIpc) is 2.24. The normalized spacial score (nSPS) is 11.6. The Bertz CT molecular complexity index is 361. The zero-order chi connectivity index (χ0) is 12.9. The minimum absolute atomic E-state index is 0.0658. The second-order valence-electron chi connectivity index (χ2n) is 4.87. The van der Waals surface area contributed by atoms with Crippen molar-refractivity contribution < 1.29 is 13.5 Å². The fraction of sp³-hybridized carbons (Fsp3) is 0.538. The minimum Gasteiger partial charge on any atom is -0.487 e. The summed E-state index contributed by atoms with van der Waals surface area (Å²) in [6.45, 7) is 5.81. The van der Waals surface area contributed by atoms with Gasteiger partial charge in [-0.25, -0.2) is 8.78 Å². The van der Waals surface area contributed by atoms with E-state index >= 15 is 0 Å². The van der Waals surface area contributed by atoms with Gasteiger partial charge in [-0.1, -0.05) is 12.1 Å². The van der Waals surface area contributed by atoms with E-state index in [9.17, 15) is 8.78 Å². The Morgan fingerprint density at radius 2 is 2.00 bits per heavy atom. The minimum atomic E-state index is -0.625. The van der Waals surface area contributed by atoms with Crippen molar-refractivity contribution in [3.63, 3.8) is 0 Å². The molecule has 0 amide bonds. The summed E-state index contributed by atoms with van der Waals surface area (Å²) < 4.78 is 30.7. The monoisotopic (exact) mass is 243 g/mol. The second-order valence-corrected chi connectivity index (χ2v) is 4.87. The van der Waals surface area contributed by atoms with E-state index < -0.39 is 12.5 Å². The number of hydrogen-bond acceptors (Lipinski definition) is 2. The molecule has 0 saturated heterocycles. The molecule has 0 heterocycles. The fourth-order valence-corrected chi connectivity index (χ4v) is 1.36. The van der Waals surface area contributed by atoms with Crippen LogP contribution in [0.3, 0.4) is 0 Å². The van der Waals surface area contributed by atoms with Gasteiger partial charge >= 0.3 is 0 Å². The summed E-state index contributed by atoms with van der Waals surface area (Å²) in [6.07, 6.45) is 0. The number of nitrogens with one attached hydrogen (secondary N) is 1. The smallest absolute Gasteiger partial charge is 0.165 e. The van der Waals surface area contributed by atoms with Gasteiger partial charge in [0, 0.05) is 17.6 Å². The first-order valence-electron chi connectivity index (χ1n) is 5.65. The molecule has 0 bridgehead atoms. The molecule has 0 spiro atoms. The molecule has 0 unspecified atom stereocenters. The van der Waals surface area contributed by atoms with Crippen molar-refractivity contribution in [1.29, 1.82) is 0 Å². The number of halogens is 2. The van der Waals surface area contributed by atoms with Crippen molar-refractivity contribution in [2.75, 3.05) is 13.3 Å². The highest BCUT2D eigenvalue weighted by Gasteiger charge is 2.13. The lowest BCUT2D eigenvalue weighted by Crippen LogP contribution is -2.35. The van der Waals surface area contributed by atoms with Crippen LogP contribution >= 0.6 is 0 Å². The van der Waals surface area contributed by atoms with Crippen LogP contribution in [-0.4, -0.2) is 18.8 Å². The molecule has 0 saturated carbocycles. The van der Waals surface area contributed by atoms with Gasteiger partial charge in [0.25, 0.3) is 0 Å². The van der Waals surface area contributed by atoms with E-state index in [0.717, 1.165) is 0 Å². The van der Waals surface area contributed by atoms with Gasteiger partial charge < -0.3 is 10.1 Å². The van der Waals surface area contributed by atoms with E-state index in [1.807, 2.05) is 20.8 Å². The molecule has 1 N–H and O–H groups in total. The summed E-state index contributed by atoms with van der Waals surface area (Å²) in [5.41, 5.74) is 0.636. The van der Waals surface area contributed by atoms with Gasteiger partial charge in [-0.05, 0) is 26.8 Å². The highest BCUT2D eigenvalue weighted by molar-refractivity contribution is 5.35. The number of para-hydroxylation sites is 1. The molecule has 4 heteroatoms. The topological polar surface area (TPSA) is 21.3 Å². The fourth-order valence-electron chi connectivity index (χ4n) is 1.36. The second kappa shape index (κ2) is 5.96. The van der Waals surface area contributed by atoms with Gasteiger partial charge in [-0.15, -0.1) is 0 Å². The van der Waals surface area contributed by atoms with Crippen LogP contribution in [0.1, 0.15) is 26.3 Å². The maximum atomic E-state index is 13.5. The van der Waals surface area contributed by atoms with E-state index in [2.05, 4.69) is 5.32 Å². The van der Waals surface area contributed by atoms with E-state index in [-0.39, 0.29) is 17.9 Å². The van der Waals surface area contributed by atoms with Crippen LogP contribution in [0, 0.1) is 5.82 Å². The molecule has 1 aromatic carbocycles. The summed E-state index contributed by atoms with van der Waals surface area (Å²) in [6, 6.07) is 4.71. The Balaban J connectivity index is 2.79. The Morgan fingerprint density at radius 3 is 2.59 bits per heavy atom. The highest BCUT2D eigenvalue weighted by atomic mass is 19.1. The third kappa shape index (κ3) is 4.69. The van der Waals surface area contributed by atoms with Crippen molar-refractivity contribution in [1.82, 2.24) is 5.32 Å². The molecule has 0 radical (unpaired) electrons. The van der Waals surface area contributed by atoms with Crippen molar-refractivity contribution in [2.24, 2.45) is 0 Å². The SMILES string of the molecule is CC(C)(C)NCc1cccc(F)c1OCCF. The summed E-state index contributed by atoms with van der Waals surface area (Å²) in [4.78, 5) is 0. The molecule has 0 aliphatic rings. The largest absolute Gasteiger partial charge is 0.487 e. The van der Waals surface area contributed by atoms with Crippen molar-refractivity contribution in [2.45, 2.75) is 32.9 Å². The molecule has 17 heavy (non-hydrogen) atoms. The number of benzene rings is 1. The van der Waals surface area contributed by atoms with Gasteiger partial charge in [0.05, 0.1) is 0 Å². The van der Waals surface area contributed by atoms with Crippen LogP contribution in [-0.2, 0) is 6.54 Å². The van der Waals surface area contributed by atoms with Gasteiger partial charge in [0.15, 0.2) is 11.6 Å². The lowest BCUT2D eigenvalue weighted by atomic mass is 10.1. The standard InChI is InChI=1S/C13H19F2NO/c1-13(2,3)16-9-10-5-4-6-11(15)12(10)17-8-7-14/h4-6,16H,7-9H2,1-3H3. The summed E-state index contributed by atoms with van der Waals surface area (Å²) in [5.74, 6) is -0.312. The summed E-state index contributed by atoms with van der Waals surface area (Å²) >= 11 is 0. The third-order valence-corrected chi connectivity index (χ3v) is 2.18. The molecule has 1 aromatic rings. The zero-order valence-corrected chi connectivity index (χ0v) is 10.5. The third-order valence-electron chi connectivity index (χ3n) is 2.18. The van der Waals surface area contributed by atoms with Crippen LogP contribution in [0.15, 0.2) is 18.2 Å². The molecule has 1 rings (SSSR count). The number of ether oxygens (including phenoxy) is 1. The van der Waals surface area contributed by atoms with Gasteiger partial charge in [-0.3, -0.25) is 0 Å². The first-order chi connectivity index (χ1) is 7.94. The predicted molar refractivity (Wildman–Crippen MR) is 64.5 cm³/mol. The molecule has 0 aliphatic heterocycles. The first kappa shape index (κ1) is 13.9. The Labute approximate surface area is 101 Å². The molecule has 2 nitrogen and oxygen atoms in total. The lowest BCUT2D eigenvalue weighted by molar-refractivity contribution is 0.258. The Kier molecular flexibility index (Phi) is 4.87. The van der Waals surface area contributed by atoms with Gasteiger partial charge in [0.1, 0.15) is 13.3 Å². The first-order valence-corrected chi connectivity index (χ1v) is 5.65. The molecule has 0 aliphatic carbocycles. The molecule has 0 atom stereocenters. The lowest BCUT2D eigenvalue weighted by Gasteiger charge is -2.21. The van der Waals surface area contributed by atoms with E-state index in [0.29, 0.717) is 12.1 Å². The van der Waals surface area contributed by atoms with Crippen LogP contribution in [0.2, 0.25) is 0 Å². The van der Waals surface area contributed by atoms with Crippen molar-refractivity contribution >= 4 is 0 Å². The maximum Gasteiger partial charge on any atom is 0.165 e. The quantitative estimate of drug-likeness (QED) is 0.858. The summed E-state index contributed by atoms with van der Waals surface area (Å²) in [5, 5.41) is 3.24. The van der Waals surface area contributed by atoms with E-state index in [1.54, 1.807) is 12.1 Å². The molecule has 0 fully saturated rings. The van der Waals surface area contributed by atoms with Gasteiger partial charge in [-0.2, -0.15) is 0 Å². The Hall–Kier alpha value is -1.16. The van der Waals surface area contributed by atoms with E-state index in [4.69, 9.17) is 4.74 Å². The number of hydrogen-bond donors (Lipinski definition) is 1. The van der Waals surface area contributed by atoms with Crippen LogP contribution < -0.4 is 10.1 Å². The van der Waals surface area contributed by atoms with Crippen LogP contribution in [0.4, 0.5) is 8.78 Å². The highest BCUT2D eigenvalue weighted by Crippen LogP contribution is 2.23. The van der Waals surface area contributed by atoms with E-state index in [1.165, 1.54) is 6.07 Å². The molecule has 96 valence electrons.